The maximum Gasteiger partial charge on any atom is 0.243 e. The van der Waals surface area contributed by atoms with Gasteiger partial charge in [-0.05, 0) is 6.07 Å². The zero-order valence-corrected chi connectivity index (χ0v) is 10.9. The Bertz CT molecular complexity index is 599. The number of hydrogen-bond donors (Lipinski definition) is 2. The Kier molecular flexibility index (Phi) is 4.44. The highest BCUT2D eigenvalue weighted by Crippen LogP contribution is 2.18. The molecule has 0 radical (unpaired) electrons. The van der Waals surface area contributed by atoms with Crippen LogP contribution in [-0.2, 0) is 20.0 Å². The molecule has 0 fully saturated rings. The summed E-state index contributed by atoms with van der Waals surface area (Å²) in [6.07, 6.45) is 2.41. The molecule has 0 atom stereocenters. The lowest BCUT2D eigenvalue weighted by molar-refractivity contribution is 0.581. The molecule has 17 heavy (non-hydrogen) atoms. The molecule has 0 saturated heterocycles. The maximum atomic E-state index is 11.7. The summed E-state index contributed by atoms with van der Waals surface area (Å²) < 4.78 is 46.6. The van der Waals surface area contributed by atoms with Gasteiger partial charge in [-0.2, -0.15) is 0 Å². The molecule has 0 saturated carbocycles. The van der Waals surface area contributed by atoms with Crippen LogP contribution in [0.5, 0.6) is 0 Å². The van der Waals surface area contributed by atoms with Crippen molar-refractivity contribution in [1.82, 2.24) is 9.71 Å². The lowest BCUT2D eigenvalue weighted by atomic mass is 10.5. The Labute approximate surface area is 104 Å². The number of primary sulfonamides is 1. The van der Waals surface area contributed by atoms with Crippen LogP contribution in [0.25, 0.3) is 0 Å². The first kappa shape index (κ1) is 14.3. The van der Waals surface area contributed by atoms with Crippen LogP contribution >= 0.6 is 11.6 Å². The molecule has 7 nitrogen and oxygen atoms in total. The summed E-state index contributed by atoms with van der Waals surface area (Å²) in [5.74, 6) is -0.496. The molecular weight excluding hydrogens is 290 g/mol. The average molecular weight is 300 g/mol. The Balaban J connectivity index is 2.81. The van der Waals surface area contributed by atoms with Crippen molar-refractivity contribution in [2.75, 3.05) is 12.3 Å². The summed E-state index contributed by atoms with van der Waals surface area (Å²) in [5, 5.41) is 4.74. The zero-order valence-electron chi connectivity index (χ0n) is 8.50. The third kappa shape index (κ3) is 4.56. The van der Waals surface area contributed by atoms with Gasteiger partial charge in [-0.3, -0.25) is 4.98 Å². The molecular formula is C7H10ClN3O4S2. The Morgan fingerprint density at radius 2 is 2.00 bits per heavy atom. The number of hydrogen-bond acceptors (Lipinski definition) is 5. The Hall–Kier alpha value is -0.740. The molecule has 0 aliphatic rings. The van der Waals surface area contributed by atoms with Gasteiger partial charge in [-0.25, -0.2) is 26.7 Å². The lowest BCUT2D eigenvalue weighted by Crippen LogP contribution is -2.31. The largest absolute Gasteiger partial charge is 0.263 e. The number of pyridine rings is 1. The third-order valence-corrected chi connectivity index (χ3v) is 4.41. The van der Waals surface area contributed by atoms with Crippen LogP contribution < -0.4 is 9.86 Å². The number of aromatic nitrogens is 1. The summed E-state index contributed by atoms with van der Waals surface area (Å²) >= 11 is 5.68. The number of rotatable bonds is 5. The van der Waals surface area contributed by atoms with Crippen molar-refractivity contribution in [2.45, 2.75) is 4.90 Å². The highest BCUT2D eigenvalue weighted by Gasteiger charge is 2.18. The van der Waals surface area contributed by atoms with E-state index in [1.54, 1.807) is 0 Å². The molecule has 0 spiro atoms. The molecule has 1 rings (SSSR count). The smallest absolute Gasteiger partial charge is 0.243 e. The van der Waals surface area contributed by atoms with E-state index in [4.69, 9.17) is 16.7 Å². The standard InChI is InChI=1S/C7H10ClN3O4S2/c8-6-1-2-10-5-7(6)17(14,15)11-3-4-16(9,12)13/h1-2,5,11H,3-4H2,(H2,9,12,13). The van der Waals surface area contributed by atoms with Gasteiger partial charge in [0.1, 0.15) is 4.90 Å². The Morgan fingerprint density at radius 3 is 2.53 bits per heavy atom. The van der Waals surface area contributed by atoms with Crippen LogP contribution in [0.1, 0.15) is 0 Å². The molecule has 0 amide bonds. The van der Waals surface area contributed by atoms with E-state index in [1.807, 2.05) is 0 Å². The fraction of sp³-hybridized carbons (Fsp3) is 0.286. The number of nitrogens with two attached hydrogens (primary N) is 1. The van der Waals surface area contributed by atoms with Gasteiger partial charge in [-0.15, -0.1) is 0 Å². The minimum absolute atomic E-state index is 0.00288. The van der Waals surface area contributed by atoms with E-state index in [2.05, 4.69) is 9.71 Å². The third-order valence-electron chi connectivity index (χ3n) is 1.70. The van der Waals surface area contributed by atoms with Crippen molar-refractivity contribution >= 4 is 31.6 Å². The van der Waals surface area contributed by atoms with Crippen molar-refractivity contribution in [3.63, 3.8) is 0 Å². The minimum atomic E-state index is -3.88. The molecule has 0 aliphatic heterocycles. The predicted octanol–water partition coefficient (Wildman–Crippen LogP) is -0.698. The van der Waals surface area contributed by atoms with Gasteiger partial charge in [0.2, 0.25) is 20.0 Å². The molecule has 96 valence electrons. The van der Waals surface area contributed by atoms with Crippen LogP contribution in [0.15, 0.2) is 23.4 Å². The van der Waals surface area contributed by atoms with Crippen molar-refractivity contribution in [2.24, 2.45) is 5.14 Å². The van der Waals surface area contributed by atoms with Gasteiger partial charge in [0.25, 0.3) is 0 Å². The highest BCUT2D eigenvalue weighted by molar-refractivity contribution is 7.90. The maximum absolute atomic E-state index is 11.7. The summed E-state index contributed by atoms with van der Waals surface area (Å²) in [6, 6.07) is 1.32. The first-order valence-electron chi connectivity index (χ1n) is 4.32. The van der Waals surface area contributed by atoms with Gasteiger partial charge in [0.15, 0.2) is 0 Å². The van der Waals surface area contributed by atoms with Crippen LogP contribution in [0.2, 0.25) is 5.02 Å². The second-order valence-electron chi connectivity index (χ2n) is 3.07. The monoisotopic (exact) mass is 299 g/mol. The first-order chi connectivity index (χ1) is 7.72. The van der Waals surface area contributed by atoms with Gasteiger partial charge in [-0.1, -0.05) is 11.6 Å². The van der Waals surface area contributed by atoms with Gasteiger partial charge in [0.05, 0.1) is 10.8 Å². The van der Waals surface area contributed by atoms with Crippen LogP contribution in [0.3, 0.4) is 0 Å². The summed E-state index contributed by atoms with van der Waals surface area (Å²) in [7, 11) is -7.59. The highest BCUT2D eigenvalue weighted by atomic mass is 35.5. The van der Waals surface area contributed by atoms with Crippen LogP contribution in [0.4, 0.5) is 0 Å². The van der Waals surface area contributed by atoms with E-state index >= 15 is 0 Å². The fourth-order valence-electron chi connectivity index (χ4n) is 0.957. The second-order valence-corrected chi connectivity index (χ2v) is 6.95. The normalized spacial score (nSPS) is 12.6. The van der Waals surface area contributed by atoms with E-state index in [0.717, 1.165) is 6.20 Å². The number of nitrogens with one attached hydrogen (secondary N) is 1. The molecule has 0 aromatic carbocycles. The SMILES string of the molecule is NS(=O)(=O)CCNS(=O)(=O)c1cnccc1Cl. The van der Waals surface area contributed by atoms with Gasteiger partial charge in [0, 0.05) is 18.9 Å². The fourth-order valence-corrected chi connectivity index (χ4v) is 2.93. The lowest BCUT2D eigenvalue weighted by Gasteiger charge is -2.06. The van der Waals surface area contributed by atoms with Crippen molar-refractivity contribution in [3.8, 4) is 0 Å². The second kappa shape index (κ2) is 5.27. The summed E-state index contributed by atoms with van der Waals surface area (Å²) in [6.45, 7) is -0.327. The van der Waals surface area contributed by atoms with Gasteiger partial charge >= 0.3 is 0 Å². The molecule has 0 aliphatic carbocycles. The van der Waals surface area contributed by atoms with E-state index in [-0.39, 0.29) is 16.5 Å². The van der Waals surface area contributed by atoms with Crippen LogP contribution in [0, 0.1) is 0 Å². The quantitative estimate of drug-likeness (QED) is 0.745. The molecule has 0 bridgehead atoms. The van der Waals surface area contributed by atoms with E-state index < -0.39 is 25.8 Å². The molecule has 1 heterocycles. The van der Waals surface area contributed by atoms with E-state index in [9.17, 15) is 16.8 Å². The summed E-state index contributed by atoms with van der Waals surface area (Å²) in [5.41, 5.74) is 0. The van der Waals surface area contributed by atoms with Crippen LogP contribution in [-0.4, -0.2) is 34.1 Å². The zero-order chi connectivity index (χ0) is 13.1. The Morgan fingerprint density at radius 1 is 1.35 bits per heavy atom. The molecule has 10 heteroatoms. The molecule has 1 aromatic rings. The summed E-state index contributed by atoms with van der Waals surface area (Å²) in [4.78, 5) is 3.41. The molecule has 3 N–H and O–H groups in total. The van der Waals surface area contributed by atoms with Crippen molar-refractivity contribution < 1.29 is 16.8 Å². The predicted molar refractivity (Wildman–Crippen MR) is 62.4 cm³/mol. The first-order valence-corrected chi connectivity index (χ1v) is 7.90. The van der Waals surface area contributed by atoms with Gasteiger partial charge < -0.3 is 0 Å². The van der Waals surface area contributed by atoms with E-state index in [0.29, 0.717) is 0 Å². The number of sulfonamides is 2. The number of halogens is 1. The minimum Gasteiger partial charge on any atom is -0.263 e. The van der Waals surface area contributed by atoms with Crippen molar-refractivity contribution in [1.29, 1.82) is 0 Å². The molecule has 0 unspecified atom stereocenters. The van der Waals surface area contributed by atoms with E-state index in [1.165, 1.54) is 12.3 Å². The number of nitrogens with zero attached hydrogens (tertiary/aromatic N) is 1. The average Bonchev–Trinajstić information content (AvgIpc) is 2.15. The van der Waals surface area contributed by atoms with Crippen molar-refractivity contribution in [3.05, 3.63) is 23.5 Å². The molecule has 1 aromatic heterocycles. The topological polar surface area (TPSA) is 119 Å².